The van der Waals surface area contributed by atoms with Crippen LogP contribution >= 0.6 is 11.3 Å². The molecule has 0 saturated heterocycles. The Hall–Kier alpha value is -1.63. The molecule has 0 aliphatic heterocycles. The van der Waals surface area contributed by atoms with E-state index in [0.717, 1.165) is 25.0 Å². The lowest BCUT2D eigenvalue weighted by molar-refractivity contribution is -0.137. The molecule has 116 valence electrons. The Morgan fingerprint density at radius 3 is 2.81 bits per heavy atom. The number of amides is 2. The molecule has 0 bridgehead atoms. The summed E-state index contributed by atoms with van der Waals surface area (Å²) in [6, 6.07) is -0.187. The van der Waals surface area contributed by atoms with Gasteiger partial charge in [0.05, 0.1) is 5.69 Å². The number of carboxylic acids is 1. The van der Waals surface area contributed by atoms with Crippen LogP contribution in [0.25, 0.3) is 0 Å². The summed E-state index contributed by atoms with van der Waals surface area (Å²) in [4.78, 5) is 30.2. The topological polar surface area (TPSA) is 82.5 Å². The molecule has 1 aliphatic rings. The average molecular weight is 311 g/mol. The van der Waals surface area contributed by atoms with Crippen molar-refractivity contribution in [2.45, 2.75) is 52.0 Å². The predicted octanol–water partition coefficient (Wildman–Crippen LogP) is 2.74. The number of urea groups is 1. The van der Waals surface area contributed by atoms with E-state index in [-0.39, 0.29) is 18.5 Å². The predicted molar refractivity (Wildman–Crippen MR) is 81.9 cm³/mol. The summed E-state index contributed by atoms with van der Waals surface area (Å²) in [6.45, 7) is 4.27. The second-order valence-electron chi connectivity index (χ2n) is 5.46. The molecule has 0 radical (unpaired) electrons. The number of hydrogen-bond acceptors (Lipinski definition) is 4. The van der Waals surface area contributed by atoms with E-state index in [2.05, 4.69) is 10.3 Å². The van der Waals surface area contributed by atoms with Gasteiger partial charge in [0.2, 0.25) is 0 Å². The zero-order chi connectivity index (χ0) is 15.4. The third-order valence-corrected chi connectivity index (χ3v) is 4.56. The van der Waals surface area contributed by atoms with Crippen molar-refractivity contribution in [3.8, 4) is 0 Å². The number of aromatic nitrogens is 1. The molecule has 0 unspecified atom stereocenters. The Bertz CT molecular complexity index is 506. The van der Waals surface area contributed by atoms with Crippen molar-refractivity contribution < 1.29 is 14.7 Å². The Morgan fingerprint density at radius 1 is 1.43 bits per heavy atom. The van der Waals surface area contributed by atoms with Crippen LogP contribution in [0.15, 0.2) is 0 Å². The van der Waals surface area contributed by atoms with Gasteiger partial charge in [-0.25, -0.2) is 9.78 Å². The van der Waals surface area contributed by atoms with Gasteiger partial charge in [-0.05, 0) is 39.5 Å². The van der Waals surface area contributed by atoms with E-state index in [1.54, 1.807) is 16.2 Å². The minimum absolute atomic E-state index is 0.0191. The monoisotopic (exact) mass is 311 g/mol. The number of nitrogens with one attached hydrogen (secondary N) is 1. The lowest BCUT2D eigenvalue weighted by atomic mass is 10.2. The van der Waals surface area contributed by atoms with Gasteiger partial charge in [-0.1, -0.05) is 0 Å². The minimum atomic E-state index is -0.838. The third kappa shape index (κ3) is 4.17. The summed E-state index contributed by atoms with van der Waals surface area (Å²) in [6.07, 6.45) is 3.72. The lowest BCUT2D eigenvalue weighted by Crippen LogP contribution is -2.40. The molecule has 0 saturated carbocycles. The Labute approximate surface area is 128 Å². The van der Waals surface area contributed by atoms with Gasteiger partial charge >= 0.3 is 12.0 Å². The minimum Gasteiger partial charge on any atom is -0.481 e. The summed E-state index contributed by atoms with van der Waals surface area (Å²) >= 11 is 1.54. The number of fused-ring (bicyclic) bond motifs is 1. The fourth-order valence-corrected chi connectivity index (χ4v) is 3.44. The maximum Gasteiger partial charge on any atom is 0.323 e. The van der Waals surface area contributed by atoms with Crippen LogP contribution in [0.5, 0.6) is 0 Å². The van der Waals surface area contributed by atoms with Crippen LogP contribution in [0.4, 0.5) is 9.93 Å². The van der Waals surface area contributed by atoms with Gasteiger partial charge in [-0.2, -0.15) is 0 Å². The van der Waals surface area contributed by atoms with Gasteiger partial charge in [-0.15, -0.1) is 11.3 Å². The summed E-state index contributed by atoms with van der Waals surface area (Å²) in [5.41, 5.74) is 1.11. The van der Waals surface area contributed by atoms with Crippen molar-refractivity contribution >= 4 is 28.5 Å². The molecule has 2 N–H and O–H groups in total. The van der Waals surface area contributed by atoms with E-state index in [0.29, 0.717) is 18.1 Å². The molecule has 0 aromatic carbocycles. The first-order valence-electron chi connectivity index (χ1n) is 7.25. The molecule has 6 nitrogen and oxygen atoms in total. The molecule has 0 fully saturated rings. The maximum atomic E-state index is 12.3. The fraction of sp³-hybridized carbons (Fsp3) is 0.643. The van der Waals surface area contributed by atoms with Crippen LogP contribution in [-0.4, -0.2) is 39.6 Å². The number of nitrogens with zero attached hydrogens (tertiary/aromatic N) is 2. The second kappa shape index (κ2) is 6.89. The van der Waals surface area contributed by atoms with Gasteiger partial charge < -0.3 is 10.0 Å². The number of rotatable bonds is 6. The zero-order valence-electron chi connectivity index (χ0n) is 12.4. The molecule has 1 aromatic rings. The second-order valence-corrected chi connectivity index (χ2v) is 6.54. The highest BCUT2D eigenvalue weighted by atomic mass is 32.1. The molecule has 21 heavy (non-hydrogen) atoms. The van der Waals surface area contributed by atoms with Crippen molar-refractivity contribution in [1.82, 2.24) is 9.88 Å². The Kier molecular flexibility index (Phi) is 5.17. The molecule has 2 rings (SSSR count). The maximum absolute atomic E-state index is 12.3. The molecule has 1 heterocycles. The van der Waals surface area contributed by atoms with Gasteiger partial charge in [-0.3, -0.25) is 10.1 Å². The van der Waals surface area contributed by atoms with Gasteiger partial charge in [0, 0.05) is 23.9 Å². The number of anilines is 1. The van der Waals surface area contributed by atoms with E-state index >= 15 is 0 Å². The highest BCUT2D eigenvalue weighted by Gasteiger charge is 2.21. The van der Waals surface area contributed by atoms with Crippen LogP contribution < -0.4 is 5.32 Å². The molecule has 2 amide bonds. The summed E-state index contributed by atoms with van der Waals surface area (Å²) in [5.74, 6) is -0.838. The van der Waals surface area contributed by atoms with Crippen LogP contribution in [-0.2, 0) is 17.6 Å². The molecular formula is C14H21N3O3S. The largest absolute Gasteiger partial charge is 0.481 e. The first-order valence-corrected chi connectivity index (χ1v) is 8.07. The number of thiazole rings is 1. The quantitative estimate of drug-likeness (QED) is 0.846. The van der Waals surface area contributed by atoms with E-state index < -0.39 is 5.97 Å². The van der Waals surface area contributed by atoms with E-state index in [1.165, 1.54) is 4.88 Å². The fourth-order valence-electron chi connectivity index (χ4n) is 2.40. The standard InChI is InChI=1S/C14H21N3O3S/c1-9(2)17(8-4-7-12(18)19)14(20)16-13-15-10-5-3-6-11(10)21-13/h9H,3-8H2,1-2H3,(H,18,19)(H,15,16,20). The number of carbonyl (C=O) groups is 2. The van der Waals surface area contributed by atoms with Gasteiger partial charge in [0.1, 0.15) is 0 Å². The van der Waals surface area contributed by atoms with E-state index in [1.807, 2.05) is 13.8 Å². The highest BCUT2D eigenvalue weighted by Crippen LogP contribution is 2.30. The number of aryl methyl sites for hydroxylation is 2. The summed E-state index contributed by atoms with van der Waals surface area (Å²) < 4.78 is 0. The smallest absolute Gasteiger partial charge is 0.323 e. The van der Waals surface area contributed by atoms with Gasteiger partial charge in [0.25, 0.3) is 0 Å². The van der Waals surface area contributed by atoms with Crippen molar-refractivity contribution in [3.63, 3.8) is 0 Å². The van der Waals surface area contributed by atoms with Crippen LogP contribution in [0, 0.1) is 0 Å². The van der Waals surface area contributed by atoms with Crippen molar-refractivity contribution in [3.05, 3.63) is 10.6 Å². The van der Waals surface area contributed by atoms with Crippen molar-refractivity contribution in [2.24, 2.45) is 0 Å². The first kappa shape index (κ1) is 15.8. The highest BCUT2D eigenvalue weighted by molar-refractivity contribution is 7.15. The normalized spacial score (nSPS) is 13.3. The SMILES string of the molecule is CC(C)N(CCCC(=O)O)C(=O)Nc1nc2c(s1)CCC2. The number of carbonyl (C=O) groups excluding carboxylic acids is 1. The summed E-state index contributed by atoms with van der Waals surface area (Å²) in [7, 11) is 0. The van der Waals surface area contributed by atoms with Crippen LogP contribution in [0.1, 0.15) is 43.7 Å². The van der Waals surface area contributed by atoms with E-state index in [4.69, 9.17) is 5.11 Å². The Balaban J connectivity index is 1.92. The molecule has 0 atom stereocenters. The van der Waals surface area contributed by atoms with Crippen LogP contribution in [0.2, 0.25) is 0 Å². The van der Waals surface area contributed by atoms with Gasteiger partial charge in [0.15, 0.2) is 5.13 Å². The first-order chi connectivity index (χ1) is 9.97. The number of aliphatic carboxylic acids is 1. The van der Waals surface area contributed by atoms with Crippen LogP contribution in [0.3, 0.4) is 0 Å². The van der Waals surface area contributed by atoms with Crippen molar-refractivity contribution in [2.75, 3.05) is 11.9 Å². The molecular weight excluding hydrogens is 290 g/mol. The zero-order valence-corrected chi connectivity index (χ0v) is 13.2. The molecule has 1 aliphatic carbocycles. The lowest BCUT2D eigenvalue weighted by Gasteiger charge is -2.26. The third-order valence-electron chi connectivity index (χ3n) is 3.48. The molecule has 0 spiro atoms. The molecule has 7 heteroatoms. The average Bonchev–Trinajstić information content (AvgIpc) is 2.94. The van der Waals surface area contributed by atoms with E-state index in [9.17, 15) is 9.59 Å². The number of carboxylic acid groups (broad SMARTS) is 1. The Morgan fingerprint density at radius 2 is 2.19 bits per heavy atom. The summed E-state index contributed by atoms with van der Waals surface area (Å²) in [5, 5.41) is 12.2. The molecule has 1 aromatic heterocycles. The van der Waals surface area contributed by atoms with Crippen molar-refractivity contribution in [1.29, 1.82) is 0 Å². The number of hydrogen-bond donors (Lipinski definition) is 2.